The summed E-state index contributed by atoms with van der Waals surface area (Å²) in [5.74, 6) is 0.443. The molecule has 2 aliphatic rings. The largest absolute Gasteiger partial charge is 0.377 e. The molecule has 0 bridgehead atoms. The van der Waals surface area contributed by atoms with Gasteiger partial charge in [0.05, 0.1) is 12.7 Å². The molecule has 1 saturated heterocycles. The zero-order chi connectivity index (χ0) is 15.3. The van der Waals surface area contributed by atoms with Crippen molar-refractivity contribution in [2.45, 2.75) is 57.6 Å². The standard InChI is InChI=1S/C14H29N3O3S/c1-12-3-2-9-17(11-12)21(18,19)16-8-10-20-14-6-4-13(15)5-7-14/h12-14,16H,2-11,15H2,1H3. The predicted octanol–water partition coefficient (Wildman–Crippen LogP) is 0.839. The quantitative estimate of drug-likeness (QED) is 0.711. The Hall–Kier alpha value is -0.210. The number of nitrogens with one attached hydrogen (secondary N) is 1. The highest BCUT2D eigenvalue weighted by molar-refractivity contribution is 7.87. The maximum Gasteiger partial charge on any atom is 0.279 e. The van der Waals surface area contributed by atoms with Crippen LogP contribution in [-0.2, 0) is 14.9 Å². The van der Waals surface area contributed by atoms with Crippen LogP contribution in [0, 0.1) is 5.92 Å². The van der Waals surface area contributed by atoms with Crippen LogP contribution in [0.2, 0.25) is 0 Å². The molecular weight excluding hydrogens is 290 g/mol. The molecule has 1 unspecified atom stereocenters. The van der Waals surface area contributed by atoms with Gasteiger partial charge in [-0.3, -0.25) is 0 Å². The SMILES string of the molecule is CC1CCCN(S(=O)(=O)NCCOC2CCC(N)CC2)C1. The van der Waals surface area contributed by atoms with E-state index in [-0.39, 0.29) is 6.10 Å². The zero-order valence-corrected chi connectivity index (χ0v) is 13.8. The number of piperidine rings is 1. The van der Waals surface area contributed by atoms with Crippen LogP contribution in [0.25, 0.3) is 0 Å². The fourth-order valence-electron chi connectivity index (χ4n) is 3.11. The minimum atomic E-state index is -3.34. The molecule has 1 heterocycles. The molecule has 0 amide bonds. The number of hydrogen-bond acceptors (Lipinski definition) is 4. The lowest BCUT2D eigenvalue weighted by molar-refractivity contribution is 0.0286. The minimum absolute atomic E-state index is 0.240. The molecule has 6 nitrogen and oxygen atoms in total. The highest BCUT2D eigenvalue weighted by Gasteiger charge is 2.26. The summed E-state index contributed by atoms with van der Waals surface area (Å²) in [5.41, 5.74) is 5.85. The Balaban J connectivity index is 1.65. The number of ether oxygens (including phenoxy) is 1. The molecule has 7 heteroatoms. The van der Waals surface area contributed by atoms with E-state index in [4.69, 9.17) is 10.5 Å². The van der Waals surface area contributed by atoms with Crippen molar-refractivity contribution in [3.05, 3.63) is 0 Å². The van der Waals surface area contributed by atoms with E-state index in [1.807, 2.05) is 0 Å². The summed E-state index contributed by atoms with van der Waals surface area (Å²) in [4.78, 5) is 0. The van der Waals surface area contributed by atoms with Crippen LogP contribution in [-0.4, -0.2) is 51.1 Å². The Labute approximate surface area is 128 Å². The van der Waals surface area contributed by atoms with Gasteiger partial charge in [-0.15, -0.1) is 0 Å². The minimum Gasteiger partial charge on any atom is -0.377 e. The van der Waals surface area contributed by atoms with Crippen molar-refractivity contribution in [2.75, 3.05) is 26.2 Å². The van der Waals surface area contributed by atoms with Gasteiger partial charge in [0.2, 0.25) is 0 Å². The molecular formula is C14H29N3O3S. The summed E-state index contributed by atoms with van der Waals surface area (Å²) in [7, 11) is -3.34. The van der Waals surface area contributed by atoms with E-state index in [2.05, 4.69) is 11.6 Å². The molecule has 124 valence electrons. The van der Waals surface area contributed by atoms with Crippen molar-refractivity contribution >= 4 is 10.2 Å². The van der Waals surface area contributed by atoms with Gasteiger partial charge in [0.25, 0.3) is 10.2 Å². The van der Waals surface area contributed by atoms with Gasteiger partial charge in [0.15, 0.2) is 0 Å². The van der Waals surface area contributed by atoms with Crippen molar-refractivity contribution in [3.8, 4) is 0 Å². The normalized spacial score (nSPS) is 32.2. The van der Waals surface area contributed by atoms with Crippen LogP contribution in [0.1, 0.15) is 45.4 Å². The molecule has 1 saturated carbocycles. The fraction of sp³-hybridized carbons (Fsp3) is 1.00. The van der Waals surface area contributed by atoms with Crippen LogP contribution in [0.15, 0.2) is 0 Å². The molecule has 0 aromatic heterocycles. The third-order valence-electron chi connectivity index (χ3n) is 4.42. The maximum absolute atomic E-state index is 12.2. The molecule has 0 radical (unpaired) electrons. The zero-order valence-electron chi connectivity index (χ0n) is 13.0. The van der Waals surface area contributed by atoms with Crippen molar-refractivity contribution in [1.82, 2.24) is 9.03 Å². The van der Waals surface area contributed by atoms with Gasteiger partial charge in [-0.1, -0.05) is 6.92 Å². The van der Waals surface area contributed by atoms with Gasteiger partial charge in [-0.25, -0.2) is 0 Å². The second-order valence-corrected chi connectivity index (χ2v) is 8.17. The highest BCUT2D eigenvalue weighted by atomic mass is 32.2. The Morgan fingerprint density at radius 2 is 1.95 bits per heavy atom. The topological polar surface area (TPSA) is 84.7 Å². The molecule has 3 N–H and O–H groups in total. The van der Waals surface area contributed by atoms with E-state index < -0.39 is 10.2 Å². The lowest BCUT2D eigenvalue weighted by Crippen LogP contribution is -2.46. The summed E-state index contributed by atoms with van der Waals surface area (Å²) in [5, 5.41) is 0. The Morgan fingerprint density at radius 3 is 2.62 bits per heavy atom. The van der Waals surface area contributed by atoms with Crippen LogP contribution in [0.5, 0.6) is 0 Å². The first-order chi connectivity index (χ1) is 9.97. The molecule has 21 heavy (non-hydrogen) atoms. The summed E-state index contributed by atoms with van der Waals surface area (Å²) < 4.78 is 34.3. The monoisotopic (exact) mass is 319 g/mol. The van der Waals surface area contributed by atoms with E-state index in [9.17, 15) is 8.42 Å². The average molecular weight is 319 g/mol. The van der Waals surface area contributed by atoms with E-state index in [0.717, 1.165) is 38.5 Å². The number of nitrogens with two attached hydrogens (primary N) is 1. The third kappa shape index (κ3) is 5.49. The lowest BCUT2D eigenvalue weighted by atomic mass is 9.94. The first-order valence-electron chi connectivity index (χ1n) is 8.09. The predicted molar refractivity (Wildman–Crippen MR) is 83.1 cm³/mol. The highest BCUT2D eigenvalue weighted by Crippen LogP contribution is 2.20. The Morgan fingerprint density at radius 1 is 1.24 bits per heavy atom. The van der Waals surface area contributed by atoms with Crippen LogP contribution < -0.4 is 10.5 Å². The summed E-state index contributed by atoms with van der Waals surface area (Å²) >= 11 is 0. The maximum atomic E-state index is 12.2. The molecule has 2 fully saturated rings. The molecule has 1 aliphatic heterocycles. The number of rotatable bonds is 6. The first-order valence-corrected chi connectivity index (χ1v) is 9.53. The van der Waals surface area contributed by atoms with Gasteiger partial charge in [0.1, 0.15) is 0 Å². The van der Waals surface area contributed by atoms with Crippen molar-refractivity contribution < 1.29 is 13.2 Å². The van der Waals surface area contributed by atoms with Crippen LogP contribution in [0.4, 0.5) is 0 Å². The summed E-state index contributed by atoms with van der Waals surface area (Å²) in [6.45, 7) is 4.12. The summed E-state index contributed by atoms with van der Waals surface area (Å²) in [6, 6.07) is 0.310. The third-order valence-corrected chi connectivity index (χ3v) is 6.00. The summed E-state index contributed by atoms with van der Waals surface area (Å²) in [6.07, 6.45) is 6.27. The van der Waals surface area contributed by atoms with Gasteiger partial charge >= 0.3 is 0 Å². The Bertz CT molecular complexity index is 408. The fourth-order valence-corrected chi connectivity index (χ4v) is 4.45. The molecule has 0 spiro atoms. The van der Waals surface area contributed by atoms with Crippen LogP contribution >= 0.6 is 0 Å². The van der Waals surface area contributed by atoms with Crippen molar-refractivity contribution in [1.29, 1.82) is 0 Å². The molecule has 0 aromatic carbocycles. The van der Waals surface area contributed by atoms with Crippen LogP contribution in [0.3, 0.4) is 0 Å². The van der Waals surface area contributed by atoms with Crippen molar-refractivity contribution in [3.63, 3.8) is 0 Å². The number of hydrogen-bond donors (Lipinski definition) is 2. The van der Waals surface area contributed by atoms with E-state index in [1.54, 1.807) is 4.31 Å². The molecule has 1 atom stereocenters. The van der Waals surface area contributed by atoms with Gasteiger partial charge in [-0.05, 0) is 44.4 Å². The van der Waals surface area contributed by atoms with E-state index in [1.165, 1.54) is 0 Å². The first kappa shape index (κ1) is 17.1. The number of nitrogens with zero attached hydrogens (tertiary/aromatic N) is 1. The Kier molecular flexibility index (Phi) is 6.43. The smallest absolute Gasteiger partial charge is 0.279 e. The average Bonchev–Trinajstić information content (AvgIpc) is 2.45. The van der Waals surface area contributed by atoms with E-state index in [0.29, 0.717) is 38.2 Å². The van der Waals surface area contributed by atoms with Crippen molar-refractivity contribution in [2.24, 2.45) is 11.7 Å². The van der Waals surface area contributed by atoms with Gasteiger partial charge < -0.3 is 10.5 Å². The van der Waals surface area contributed by atoms with Gasteiger partial charge in [0, 0.05) is 25.7 Å². The lowest BCUT2D eigenvalue weighted by Gasteiger charge is -2.30. The molecule has 0 aromatic rings. The molecule has 1 aliphatic carbocycles. The molecule has 2 rings (SSSR count). The second kappa shape index (κ2) is 7.87. The second-order valence-electron chi connectivity index (χ2n) is 6.41. The van der Waals surface area contributed by atoms with E-state index >= 15 is 0 Å². The van der Waals surface area contributed by atoms with Gasteiger partial charge in [-0.2, -0.15) is 17.4 Å².